The van der Waals surface area contributed by atoms with E-state index in [-0.39, 0.29) is 17.9 Å². The summed E-state index contributed by atoms with van der Waals surface area (Å²) in [5.74, 6) is 0.0472. The Morgan fingerprint density at radius 2 is 2.12 bits per heavy atom. The van der Waals surface area contributed by atoms with Gasteiger partial charge in [-0.3, -0.25) is 4.79 Å². The predicted molar refractivity (Wildman–Crippen MR) is 65.3 cm³/mol. The number of carbonyl (C=O) groups excluding carboxylic acids is 1. The van der Waals surface area contributed by atoms with E-state index in [4.69, 9.17) is 4.74 Å². The molecule has 1 aromatic carbocycles. The van der Waals surface area contributed by atoms with Crippen LogP contribution in [0.5, 0.6) is 0 Å². The van der Waals surface area contributed by atoms with Crippen LogP contribution in [0.2, 0.25) is 0 Å². The Bertz CT molecular complexity index is 377. The summed E-state index contributed by atoms with van der Waals surface area (Å²) in [7, 11) is 1.43. The lowest BCUT2D eigenvalue weighted by Crippen LogP contribution is -2.35. The van der Waals surface area contributed by atoms with Gasteiger partial charge in [0.25, 0.3) is 0 Å². The summed E-state index contributed by atoms with van der Waals surface area (Å²) in [5.41, 5.74) is 1.18. The zero-order valence-electron chi connectivity index (χ0n) is 9.07. The first-order chi connectivity index (χ1) is 7.72. The second kappa shape index (κ2) is 4.97. The van der Waals surface area contributed by atoms with Crippen LogP contribution in [0.15, 0.2) is 28.7 Å². The molecule has 0 saturated carbocycles. The van der Waals surface area contributed by atoms with E-state index in [9.17, 15) is 4.79 Å². The van der Waals surface area contributed by atoms with Crippen LogP contribution in [-0.2, 0) is 9.53 Å². The highest BCUT2D eigenvalue weighted by Crippen LogP contribution is 2.29. The normalized spacial score (nSPS) is 24.4. The molecule has 86 valence electrons. The molecule has 0 aliphatic carbocycles. The summed E-state index contributed by atoms with van der Waals surface area (Å²) in [4.78, 5) is 11.6. The number of halogens is 1. The van der Waals surface area contributed by atoms with Crippen LogP contribution >= 0.6 is 15.9 Å². The van der Waals surface area contributed by atoms with Crippen LogP contribution in [0, 0.1) is 0 Å². The van der Waals surface area contributed by atoms with Gasteiger partial charge in [-0.2, -0.15) is 0 Å². The van der Waals surface area contributed by atoms with E-state index in [1.54, 1.807) is 0 Å². The van der Waals surface area contributed by atoms with Crippen LogP contribution < -0.4 is 5.32 Å². The molecule has 0 amide bonds. The molecule has 1 aliphatic rings. The summed E-state index contributed by atoms with van der Waals surface area (Å²) in [6.45, 7) is 0.862. The average Bonchev–Trinajstić information content (AvgIpc) is 2.78. The fraction of sp³-hybridized carbons (Fsp3) is 0.417. The average molecular weight is 284 g/mol. The van der Waals surface area contributed by atoms with Gasteiger partial charge < -0.3 is 10.1 Å². The van der Waals surface area contributed by atoms with E-state index in [1.807, 2.05) is 12.1 Å². The largest absolute Gasteiger partial charge is 0.468 e. The number of benzene rings is 1. The van der Waals surface area contributed by atoms with Crippen molar-refractivity contribution in [3.63, 3.8) is 0 Å². The first kappa shape index (κ1) is 11.6. The van der Waals surface area contributed by atoms with Crippen molar-refractivity contribution in [1.29, 1.82) is 0 Å². The third kappa shape index (κ3) is 2.28. The van der Waals surface area contributed by atoms with Crippen molar-refractivity contribution in [3.05, 3.63) is 34.3 Å². The number of hydrogen-bond acceptors (Lipinski definition) is 3. The van der Waals surface area contributed by atoms with E-state index in [0.29, 0.717) is 0 Å². The second-order valence-electron chi connectivity index (χ2n) is 3.90. The maximum absolute atomic E-state index is 11.6. The zero-order chi connectivity index (χ0) is 11.5. The van der Waals surface area contributed by atoms with E-state index >= 15 is 0 Å². The van der Waals surface area contributed by atoms with Gasteiger partial charge in [-0.05, 0) is 30.7 Å². The van der Waals surface area contributed by atoms with Crippen LogP contribution in [0.1, 0.15) is 17.9 Å². The van der Waals surface area contributed by atoms with Crippen molar-refractivity contribution in [2.75, 3.05) is 13.7 Å². The number of carbonyl (C=O) groups is 1. The summed E-state index contributed by atoms with van der Waals surface area (Å²) < 4.78 is 5.85. The lowest BCUT2D eigenvalue weighted by molar-refractivity contribution is -0.143. The Kier molecular flexibility index (Phi) is 3.61. The minimum Gasteiger partial charge on any atom is -0.468 e. The van der Waals surface area contributed by atoms with Crippen molar-refractivity contribution in [1.82, 2.24) is 5.32 Å². The predicted octanol–water partition coefficient (Wildman–Crippen LogP) is 2.07. The van der Waals surface area contributed by atoms with Gasteiger partial charge in [0.05, 0.1) is 7.11 Å². The maximum Gasteiger partial charge on any atom is 0.323 e. The van der Waals surface area contributed by atoms with E-state index < -0.39 is 0 Å². The molecular formula is C12H14BrNO2. The van der Waals surface area contributed by atoms with Crippen molar-refractivity contribution < 1.29 is 9.53 Å². The van der Waals surface area contributed by atoms with Gasteiger partial charge in [0.1, 0.15) is 6.04 Å². The number of methoxy groups -OCH3 is 1. The molecule has 2 rings (SSSR count). The maximum atomic E-state index is 11.6. The lowest BCUT2D eigenvalue weighted by atomic mass is 9.92. The Hall–Kier alpha value is -0.870. The van der Waals surface area contributed by atoms with Gasteiger partial charge in [-0.25, -0.2) is 0 Å². The Morgan fingerprint density at radius 3 is 2.75 bits per heavy atom. The van der Waals surface area contributed by atoms with Crippen LogP contribution in [-0.4, -0.2) is 25.7 Å². The summed E-state index contributed by atoms with van der Waals surface area (Å²) >= 11 is 3.40. The lowest BCUT2D eigenvalue weighted by Gasteiger charge is -2.17. The number of nitrogens with one attached hydrogen (secondary N) is 1. The minimum absolute atomic E-state index is 0.176. The molecule has 2 atom stereocenters. The third-order valence-corrected chi connectivity index (χ3v) is 3.50. The smallest absolute Gasteiger partial charge is 0.323 e. The number of rotatable bonds is 2. The monoisotopic (exact) mass is 283 g/mol. The standard InChI is InChI=1S/C12H14BrNO2/c1-16-12(15)11-10(6-7-14-11)8-2-4-9(13)5-3-8/h2-5,10-11,14H,6-7H2,1H3. The molecule has 0 aromatic heterocycles. The number of hydrogen-bond donors (Lipinski definition) is 1. The molecule has 16 heavy (non-hydrogen) atoms. The van der Waals surface area contributed by atoms with Crippen LogP contribution in [0.25, 0.3) is 0 Å². The molecule has 0 radical (unpaired) electrons. The van der Waals surface area contributed by atoms with Gasteiger partial charge in [0.15, 0.2) is 0 Å². The molecule has 1 N–H and O–H groups in total. The SMILES string of the molecule is COC(=O)C1NCCC1c1ccc(Br)cc1. The van der Waals surface area contributed by atoms with E-state index in [0.717, 1.165) is 17.4 Å². The third-order valence-electron chi connectivity index (χ3n) is 2.98. The summed E-state index contributed by atoms with van der Waals surface area (Å²) in [6.07, 6.45) is 0.974. The summed E-state index contributed by atoms with van der Waals surface area (Å²) in [5, 5.41) is 3.18. The molecule has 1 fully saturated rings. The molecule has 1 aliphatic heterocycles. The molecule has 4 heteroatoms. The molecule has 0 bridgehead atoms. The first-order valence-electron chi connectivity index (χ1n) is 5.29. The van der Waals surface area contributed by atoms with Crippen molar-refractivity contribution >= 4 is 21.9 Å². The molecule has 1 saturated heterocycles. The highest BCUT2D eigenvalue weighted by Gasteiger charge is 2.34. The van der Waals surface area contributed by atoms with Gasteiger partial charge in [-0.1, -0.05) is 28.1 Å². The quantitative estimate of drug-likeness (QED) is 0.845. The van der Waals surface area contributed by atoms with Crippen LogP contribution in [0.4, 0.5) is 0 Å². The number of ether oxygens (including phenoxy) is 1. The zero-order valence-corrected chi connectivity index (χ0v) is 10.7. The number of esters is 1. The molecule has 1 aromatic rings. The fourth-order valence-corrected chi connectivity index (χ4v) is 2.41. The van der Waals surface area contributed by atoms with E-state index in [1.165, 1.54) is 12.7 Å². The Balaban J connectivity index is 2.19. The first-order valence-corrected chi connectivity index (χ1v) is 6.08. The van der Waals surface area contributed by atoms with Gasteiger partial charge in [0.2, 0.25) is 0 Å². The molecule has 2 unspecified atom stereocenters. The highest BCUT2D eigenvalue weighted by molar-refractivity contribution is 9.10. The second-order valence-corrected chi connectivity index (χ2v) is 4.82. The van der Waals surface area contributed by atoms with Gasteiger partial charge in [-0.15, -0.1) is 0 Å². The fourth-order valence-electron chi connectivity index (χ4n) is 2.15. The molecular weight excluding hydrogens is 270 g/mol. The highest BCUT2D eigenvalue weighted by atomic mass is 79.9. The minimum atomic E-state index is -0.203. The molecule has 3 nitrogen and oxygen atoms in total. The van der Waals surface area contributed by atoms with Gasteiger partial charge in [0, 0.05) is 10.4 Å². The van der Waals surface area contributed by atoms with Crippen molar-refractivity contribution in [2.45, 2.75) is 18.4 Å². The molecule has 1 heterocycles. The van der Waals surface area contributed by atoms with Crippen molar-refractivity contribution in [3.8, 4) is 0 Å². The Labute approximate surface area is 103 Å². The summed E-state index contributed by atoms with van der Waals surface area (Å²) in [6, 6.07) is 7.91. The van der Waals surface area contributed by atoms with Crippen LogP contribution in [0.3, 0.4) is 0 Å². The van der Waals surface area contributed by atoms with Crippen molar-refractivity contribution in [2.24, 2.45) is 0 Å². The van der Waals surface area contributed by atoms with Gasteiger partial charge >= 0.3 is 5.97 Å². The van der Waals surface area contributed by atoms with E-state index in [2.05, 4.69) is 33.4 Å². The topological polar surface area (TPSA) is 38.3 Å². The Morgan fingerprint density at radius 1 is 1.44 bits per heavy atom. The molecule has 0 spiro atoms.